The zero-order valence-corrected chi connectivity index (χ0v) is 16.2. The molecule has 0 aromatic heterocycles. The first kappa shape index (κ1) is 20.8. The van der Waals surface area contributed by atoms with Gasteiger partial charge < -0.3 is 10.1 Å². The van der Waals surface area contributed by atoms with E-state index < -0.39 is 34.9 Å². The molecule has 2 aromatic carbocycles. The van der Waals surface area contributed by atoms with E-state index in [0.29, 0.717) is 17.9 Å². The Morgan fingerprint density at radius 1 is 1.20 bits per heavy atom. The van der Waals surface area contributed by atoms with E-state index in [1.165, 1.54) is 24.3 Å². The van der Waals surface area contributed by atoms with Crippen LogP contribution in [0.25, 0.3) is 0 Å². The number of carbonyl (C=O) groups excluding carboxylic acids is 3. The molecule has 2 aromatic rings. The van der Waals surface area contributed by atoms with Crippen molar-refractivity contribution >= 4 is 23.5 Å². The summed E-state index contributed by atoms with van der Waals surface area (Å²) >= 11 is 0. The zero-order chi connectivity index (χ0) is 21.7. The lowest BCUT2D eigenvalue weighted by atomic mass is 9.93. The van der Waals surface area contributed by atoms with Crippen molar-refractivity contribution in [2.75, 3.05) is 6.61 Å². The maximum absolute atomic E-state index is 12.7. The Balaban J connectivity index is 1.56. The molecule has 0 saturated carbocycles. The van der Waals surface area contributed by atoms with Gasteiger partial charge in [-0.05, 0) is 31.4 Å². The van der Waals surface area contributed by atoms with Crippen LogP contribution in [-0.4, -0.2) is 39.9 Å². The molecule has 1 aliphatic rings. The van der Waals surface area contributed by atoms with Crippen LogP contribution in [0.1, 0.15) is 18.9 Å². The quantitative estimate of drug-likeness (QED) is 0.387. The Kier molecular flexibility index (Phi) is 5.95. The molecule has 1 atom stereocenters. The molecule has 2 N–H and O–H groups in total. The van der Waals surface area contributed by atoms with Crippen molar-refractivity contribution in [2.45, 2.75) is 25.3 Å². The van der Waals surface area contributed by atoms with Crippen LogP contribution in [0.4, 0.5) is 10.5 Å². The molecule has 0 aliphatic carbocycles. The van der Waals surface area contributed by atoms with E-state index in [-0.39, 0.29) is 11.4 Å². The third kappa shape index (κ3) is 4.72. The minimum absolute atomic E-state index is 0.115. The lowest BCUT2D eigenvalue weighted by Gasteiger charge is -2.21. The molecule has 0 unspecified atom stereocenters. The summed E-state index contributed by atoms with van der Waals surface area (Å²) in [5.41, 5.74) is 1.90. The van der Waals surface area contributed by atoms with Crippen LogP contribution in [0, 0.1) is 10.1 Å². The molecule has 3 rings (SSSR count). The number of nitro groups is 1. The molecule has 156 valence electrons. The maximum atomic E-state index is 12.7. The van der Waals surface area contributed by atoms with Gasteiger partial charge in [-0.1, -0.05) is 36.4 Å². The Bertz CT molecular complexity index is 980. The number of rotatable bonds is 8. The molecule has 0 radical (unpaired) electrons. The third-order valence-corrected chi connectivity index (χ3v) is 4.65. The molecule has 10 heteroatoms. The predicted octanol–water partition coefficient (Wildman–Crippen LogP) is 1.95. The molecule has 1 aliphatic heterocycles. The second-order valence-corrected chi connectivity index (χ2v) is 6.97. The first-order valence-corrected chi connectivity index (χ1v) is 9.16. The highest BCUT2D eigenvalue weighted by Crippen LogP contribution is 2.22. The zero-order valence-electron chi connectivity index (χ0n) is 16.2. The molecule has 1 fully saturated rings. The van der Waals surface area contributed by atoms with Gasteiger partial charge in [-0.25, -0.2) is 4.79 Å². The number of imide groups is 1. The van der Waals surface area contributed by atoms with E-state index in [1.807, 2.05) is 30.3 Å². The van der Waals surface area contributed by atoms with Gasteiger partial charge in [0.1, 0.15) is 11.3 Å². The van der Waals surface area contributed by atoms with Crippen LogP contribution < -0.4 is 15.5 Å². The van der Waals surface area contributed by atoms with Crippen LogP contribution in [0.3, 0.4) is 0 Å². The van der Waals surface area contributed by atoms with Gasteiger partial charge in [0.25, 0.3) is 17.5 Å². The SMILES string of the molecule is C[C@@]1(CCc2ccccc2)NC(=O)N(NC(=O)COc2cccc([N+](=O)[O-])c2)C1=O. The van der Waals surface area contributed by atoms with Gasteiger partial charge in [0.2, 0.25) is 0 Å². The number of aryl methyl sites for hydroxylation is 1. The number of hydrogen-bond acceptors (Lipinski definition) is 6. The second kappa shape index (κ2) is 8.60. The van der Waals surface area contributed by atoms with Crippen LogP contribution in [0.5, 0.6) is 5.75 Å². The fourth-order valence-electron chi connectivity index (χ4n) is 2.99. The summed E-state index contributed by atoms with van der Waals surface area (Å²) in [5, 5.41) is 14.0. The number of hydrogen-bond donors (Lipinski definition) is 2. The maximum Gasteiger partial charge on any atom is 0.344 e. The first-order chi connectivity index (χ1) is 14.3. The van der Waals surface area contributed by atoms with Crippen molar-refractivity contribution < 1.29 is 24.0 Å². The number of nitrogens with one attached hydrogen (secondary N) is 2. The minimum atomic E-state index is -1.15. The molecule has 10 nitrogen and oxygen atoms in total. The summed E-state index contributed by atoms with van der Waals surface area (Å²) in [4.78, 5) is 47.2. The van der Waals surface area contributed by atoms with Crippen molar-refractivity contribution in [2.24, 2.45) is 0 Å². The van der Waals surface area contributed by atoms with E-state index in [9.17, 15) is 24.5 Å². The lowest BCUT2D eigenvalue weighted by molar-refractivity contribution is -0.384. The summed E-state index contributed by atoms with van der Waals surface area (Å²) < 4.78 is 5.21. The van der Waals surface area contributed by atoms with Crippen molar-refractivity contribution in [1.29, 1.82) is 0 Å². The lowest BCUT2D eigenvalue weighted by Crippen LogP contribution is -2.50. The average Bonchev–Trinajstić information content (AvgIpc) is 2.95. The summed E-state index contributed by atoms with van der Waals surface area (Å²) in [5.74, 6) is -1.21. The summed E-state index contributed by atoms with van der Waals surface area (Å²) in [7, 11) is 0. The normalized spacial score (nSPS) is 18.1. The van der Waals surface area contributed by atoms with Crippen molar-refractivity contribution in [3.8, 4) is 5.75 Å². The second-order valence-electron chi connectivity index (χ2n) is 6.97. The standard InChI is InChI=1S/C20H20N4O6/c1-20(11-10-14-6-3-2-4-7-14)18(26)23(19(27)21-20)22-17(25)13-30-16-9-5-8-15(12-16)24(28)29/h2-9,12H,10-11,13H2,1H3,(H,21,27)(H,22,25)/t20-/m0/s1. The Hall–Kier alpha value is -3.95. The summed E-state index contributed by atoms with van der Waals surface area (Å²) in [6, 6.07) is 14.1. The van der Waals surface area contributed by atoms with Crippen LogP contribution in [0.2, 0.25) is 0 Å². The number of hydrazine groups is 1. The topological polar surface area (TPSA) is 131 Å². The summed E-state index contributed by atoms with van der Waals surface area (Å²) in [6.45, 7) is 1.07. The molecule has 0 bridgehead atoms. The number of ether oxygens (including phenoxy) is 1. The highest BCUT2D eigenvalue weighted by Gasteiger charge is 2.48. The van der Waals surface area contributed by atoms with Gasteiger partial charge in [-0.2, -0.15) is 5.01 Å². The molecule has 30 heavy (non-hydrogen) atoms. The third-order valence-electron chi connectivity index (χ3n) is 4.65. The van der Waals surface area contributed by atoms with Crippen LogP contribution >= 0.6 is 0 Å². The monoisotopic (exact) mass is 412 g/mol. The minimum Gasteiger partial charge on any atom is -0.483 e. The fourth-order valence-corrected chi connectivity index (χ4v) is 2.99. The van der Waals surface area contributed by atoms with E-state index >= 15 is 0 Å². The number of amides is 4. The van der Waals surface area contributed by atoms with Gasteiger partial charge in [-0.15, -0.1) is 0 Å². The van der Waals surface area contributed by atoms with E-state index in [2.05, 4.69) is 10.7 Å². The van der Waals surface area contributed by atoms with Crippen LogP contribution in [-0.2, 0) is 16.0 Å². The smallest absolute Gasteiger partial charge is 0.344 e. The Morgan fingerprint density at radius 2 is 1.93 bits per heavy atom. The number of urea groups is 1. The molecule has 4 amide bonds. The van der Waals surface area contributed by atoms with Crippen molar-refractivity contribution in [1.82, 2.24) is 15.8 Å². The van der Waals surface area contributed by atoms with Gasteiger partial charge in [0.05, 0.1) is 11.0 Å². The predicted molar refractivity (Wildman–Crippen MR) is 105 cm³/mol. The fraction of sp³-hybridized carbons (Fsp3) is 0.250. The van der Waals surface area contributed by atoms with Crippen molar-refractivity contribution in [3.63, 3.8) is 0 Å². The highest BCUT2D eigenvalue weighted by atomic mass is 16.6. The van der Waals surface area contributed by atoms with E-state index in [1.54, 1.807) is 6.92 Å². The van der Waals surface area contributed by atoms with Gasteiger partial charge in [0.15, 0.2) is 6.61 Å². The Labute approximate surface area is 171 Å². The van der Waals surface area contributed by atoms with Crippen LogP contribution in [0.15, 0.2) is 54.6 Å². The molecular weight excluding hydrogens is 392 g/mol. The highest BCUT2D eigenvalue weighted by molar-refractivity contribution is 6.07. The number of non-ortho nitro benzene ring substituents is 1. The number of nitro benzene ring substituents is 1. The Morgan fingerprint density at radius 3 is 2.63 bits per heavy atom. The largest absolute Gasteiger partial charge is 0.483 e. The van der Waals surface area contributed by atoms with Crippen molar-refractivity contribution in [3.05, 3.63) is 70.3 Å². The van der Waals surface area contributed by atoms with Gasteiger partial charge >= 0.3 is 6.03 Å². The average molecular weight is 412 g/mol. The summed E-state index contributed by atoms with van der Waals surface area (Å²) in [6.07, 6.45) is 0.930. The van der Waals surface area contributed by atoms with Gasteiger partial charge in [0, 0.05) is 6.07 Å². The first-order valence-electron chi connectivity index (χ1n) is 9.16. The van der Waals surface area contributed by atoms with E-state index in [4.69, 9.17) is 4.74 Å². The number of nitrogens with zero attached hydrogens (tertiary/aromatic N) is 2. The molecular formula is C20H20N4O6. The number of benzene rings is 2. The molecule has 1 saturated heterocycles. The molecule has 1 heterocycles. The van der Waals surface area contributed by atoms with E-state index in [0.717, 1.165) is 5.56 Å². The number of carbonyl (C=O) groups is 3. The van der Waals surface area contributed by atoms with Gasteiger partial charge in [-0.3, -0.25) is 25.1 Å². The molecule has 0 spiro atoms.